The first kappa shape index (κ1) is 13.5. The molecular formula is C14H9FN2O3. The van der Waals surface area contributed by atoms with Gasteiger partial charge in [0.15, 0.2) is 0 Å². The van der Waals surface area contributed by atoms with E-state index < -0.39 is 17.3 Å². The summed E-state index contributed by atoms with van der Waals surface area (Å²) in [6.45, 7) is -0.247. The molecule has 0 saturated heterocycles. The number of aromatic nitrogens is 1. The maximum Gasteiger partial charge on any atom is 0.352 e. The number of nitrogens with zero attached hydrogens (tertiary/aromatic N) is 2. The van der Waals surface area contributed by atoms with Crippen LogP contribution in [0.4, 0.5) is 4.39 Å². The molecule has 0 amide bonds. The third-order valence-electron chi connectivity index (χ3n) is 2.80. The monoisotopic (exact) mass is 272 g/mol. The molecule has 20 heavy (non-hydrogen) atoms. The van der Waals surface area contributed by atoms with Crippen molar-refractivity contribution in [2.75, 3.05) is 0 Å². The van der Waals surface area contributed by atoms with Gasteiger partial charge in [0.05, 0.1) is 12.1 Å². The van der Waals surface area contributed by atoms with Gasteiger partial charge in [-0.05, 0) is 12.1 Å². The summed E-state index contributed by atoms with van der Waals surface area (Å²) in [5.74, 6) is -2.03. The van der Waals surface area contributed by atoms with Crippen LogP contribution in [0, 0.1) is 17.1 Å². The van der Waals surface area contributed by atoms with Crippen LogP contribution >= 0.6 is 0 Å². The van der Waals surface area contributed by atoms with Crippen LogP contribution < -0.4 is 5.56 Å². The van der Waals surface area contributed by atoms with Crippen molar-refractivity contribution in [3.05, 3.63) is 69.4 Å². The number of halogens is 1. The average molecular weight is 272 g/mol. The predicted octanol–water partition coefficient (Wildman–Crippen LogP) is 1.61. The standard InChI is InChI=1S/C14H9FN2O3/c15-13-9(7-16)3-1-4-10(13)8-17-11(14(19)20)5-2-6-12(17)18/h1-6H,8H2,(H,19,20). The Kier molecular flexibility index (Phi) is 3.62. The number of nitriles is 1. The van der Waals surface area contributed by atoms with E-state index >= 15 is 0 Å². The van der Waals surface area contributed by atoms with Crippen molar-refractivity contribution in [1.82, 2.24) is 4.57 Å². The van der Waals surface area contributed by atoms with E-state index in [9.17, 15) is 14.0 Å². The summed E-state index contributed by atoms with van der Waals surface area (Å²) in [6, 6.07) is 9.66. The minimum atomic E-state index is -1.28. The molecule has 0 unspecified atom stereocenters. The summed E-state index contributed by atoms with van der Waals surface area (Å²) in [5.41, 5.74) is -0.853. The SMILES string of the molecule is N#Cc1cccc(Cn2c(C(=O)O)cccc2=O)c1F. The lowest BCUT2D eigenvalue weighted by Gasteiger charge is -2.10. The van der Waals surface area contributed by atoms with Crippen molar-refractivity contribution in [3.8, 4) is 6.07 Å². The number of carboxylic acid groups (broad SMARTS) is 1. The third kappa shape index (κ3) is 2.42. The molecule has 2 aromatic rings. The Labute approximate surface area is 113 Å². The Bertz CT molecular complexity index is 775. The van der Waals surface area contributed by atoms with Crippen LogP contribution in [-0.4, -0.2) is 15.6 Å². The van der Waals surface area contributed by atoms with Crippen molar-refractivity contribution < 1.29 is 14.3 Å². The molecule has 2 rings (SSSR count). The average Bonchev–Trinajstić information content (AvgIpc) is 2.42. The fourth-order valence-corrected chi connectivity index (χ4v) is 1.83. The van der Waals surface area contributed by atoms with Gasteiger partial charge in [-0.1, -0.05) is 18.2 Å². The molecule has 6 heteroatoms. The number of rotatable bonds is 3. The van der Waals surface area contributed by atoms with Crippen LogP contribution in [-0.2, 0) is 6.54 Å². The van der Waals surface area contributed by atoms with Gasteiger partial charge in [0.2, 0.25) is 0 Å². The summed E-state index contributed by atoms with van der Waals surface area (Å²) in [4.78, 5) is 22.8. The highest BCUT2D eigenvalue weighted by atomic mass is 19.1. The van der Waals surface area contributed by atoms with Crippen LogP contribution in [0.5, 0.6) is 0 Å². The largest absolute Gasteiger partial charge is 0.477 e. The lowest BCUT2D eigenvalue weighted by Crippen LogP contribution is -2.25. The van der Waals surface area contributed by atoms with Crippen LogP contribution in [0.25, 0.3) is 0 Å². The number of benzene rings is 1. The Balaban J connectivity index is 2.54. The molecule has 100 valence electrons. The van der Waals surface area contributed by atoms with Crippen molar-refractivity contribution in [3.63, 3.8) is 0 Å². The van der Waals surface area contributed by atoms with Crippen molar-refractivity contribution >= 4 is 5.97 Å². The first-order valence-corrected chi connectivity index (χ1v) is 5.65. The molecule has 0 bridgehead atoms. The summed E-state index contributed by atoms with van der Waals surface area (Å²) < 4.78 is 14.9. The summed E-state index contributed by atoms with van der Waals surface area (Å²) in [6.07, 6.45) is 0. The maximum atomic E-state index is 13.9. The number of carbonyl (C=O) groups is 1. The summed E-state index contributed by atoms with van der Waals surface area (Å²) >= 11 is 0. The molecule has 0 aliphatic heterocycles. The Hall–Kier alpha value is -2.94. The number of carboxylic acids is 1. The fourth-order valence-electron chi connectivity index (χ4n) is 1.83. The van der Waals surface area contributed by atoms with E-state index in [1.807, 2.05) is 0 Å². The van der Waals surface area contributed by atoms with E-state index in [1.165, 1.54) is 36.4 Å². The first-order valence-electron chi connectivity index (χ1n) is 5.65. The first-order chi connectivity index (χ1) is 9.54. The second-order valence-corrected chi connectivity index (χ2v) is 4.03. The maximum absolute atomic E-state index is 13.9. The quantitative estimate of drug-likeness (QED) is 0.920. The molecule has 5 nitrogen and oxygen atoms in total. The Morgan fingerprint density at radius 1 is 1.30 bits per heavy atom. The lowest BCUT2D eigenvalue weighted by molar-refractivity contribution is 0.0684. The molecule has 0 aliphatic carbocycles. The number of hydrogen-bond acceptors (Lipinski definition) is 3. The normalized spacial score (nSPS) is 10.0. The van der Waals surface area contributed by atoms with Crippen molar-refractivity contribution in [2.24, 2.45) is 0 Å². The van der Waals surface area contributed by atoms with Gasteiger partial charge in [-0.2, -0.15) is 5.26 Å². The van der Waals surface area contributed by atoms with Crippen LogP contribution in [0.15, 0.2) is 41.2 Å². The molecule has 0 radical (unpaired) electrons. The van der Waals surface area contributed by atoms with Crippen LogP contribution in [0.2, 0.25) is 0 Å². The summed E-state index contributed by atoms with van der Waals surface area (Å²) in [7, 11) is 0. The zero-order valence-corrected chi connectivity index (χ0v) is 10.2. The van der Waals surface area contributed by atoms with Gasteiger partial charge >= 0.3 is 5.97 Å². The molecule has 0 atom stereocenters. The third-order valence-corrected chi connectivity index (χ3v) is 2.80. The zero-order chi connectivity index (χ0) is 14.7. The molecule has 1 N–H and O–H groups in total. The van der Waals surface area contributed by atoms with Gasteiger partial charge in [0, 0.05) is 11.6 Å². The minimum absolute atomic E-state index is 0.0832. The highest BCUT2D eigenvalue weighted by Gasteiger charge is 2.14. The molecule has 1 heterocycles. The fraction of sp³-hybridized carbons (Fsp3) is 0.0714. The highest BCUT2D eigenvalue weighted by Crippen LogP contribution is 2.13. The highest BCUT2D eigenvalue weighted by molar-refractivity contribution is 5.85. The zero-order valence-electron chi connectivity index (χ0n) is 10.2. The molecule has 0 spiro atoms. The second kappa shape index (κ2) is 5.36. The van der Waals surface area contributed by atoms with E-state index in [4.69, 9.17) is 10.4 Å². The van der Waals surface area contributed by atoms with Gasteiger partial charge < -0.3 is 5.11 Å². The molecule has 1 aromatic carbocycles. The smallest absolute Gasteiger partial charge is 0.352 e. The number of hydrogen-bond donors (Lipinski definition) is 1. The van der Waals surface area contributed by atoms with Crippen LogP contribution in [0.3, 0.4) is 0 Å². The molecule has 1 aromatic heterocycles. The van der Waals surface area contributed by atoms with Gasteiger partial charge in [0.1, 0.15) is 17.6 Å². The van der Waals surface area contributed by atoms with Crippen LogP contribution in [0.1, 0.15) is 21.6 Å². The molecule has 0 saturated carbocycles. The van der Waals surface area contributed by atoms with Gasteiger partial charge in [-0.15, -0.1) is 0 Å². The van der Waals surface area contributed by atoms with Crippen molar-refractivity contribution in [2.45, 2.75) is 6.54 Å². The number of aromatic carboxylic acids is 1. The van der Waals surface area contributed by atoms with E-state index in [0.717, 1.165) is 4.57 Å². The second-order valence-electron chi connectivity index (χ2n) is 4.03. The predicted molar refractivity (Wildman–Crippen MR) is 67.9 cm³/mol. The lowest BCUT2D eigenvalue weighted by atomic mass is 10.1. The molecule has 0 fully saturated rings. The number of pyridine rings is 1. The molecular weight excluding hydrogens is 263 g/mol. The Morgan fingerprint density at radius 2 is 2.00 bits per heavy atom. The molecule has 0 aliphatic rings. The van der Waals surface area contributed by atoms with E-state index in [0.29, 0.717) is 0 Å². The van der Waals surface area contributed by atoms with Gasteiger partial charge in [0.25, 0.3) is 5.56 Å². The topological polar surface area (TPSA) is 83.1 Å². The van der Waals surface area contributed by atoms with E-state index in [1.54, 1.807) is 6.07 Å². The minimum Gasteiger partial charge on any atom is -0.477 e. The Morgan fingerprint density at radius 3 is 2.65 bits per heavy atom. The van der Waals surface area contributed by atoms with Crippen molar-refractivity contribution in [1.29, 1.82) is 5.26 Å². The van der Waals surface area contributed by atoms with Gasteiger partial charge in [-0.25, -0.2) is 9.18 Å². The van der Waals surface area contributed by atoms with Gasteiger partial charge in [-0.3, -0.25) is 9.36 Å². The summed E-state index contributed by atoms with van der Waals surface area (Å²) in [5, 5.41) is 17.8. The van der Waals surface area contributed by atoms with E-state index in [2.05, 4.69) is 0 Å². The van der Waals surface area contributed by atoms with E-state index in [-0.39, 0.29) is 23.4 Å².